The standard InChI is InChI=1S/C72H135NO5/c1-3-5-7-9-11-13-15-17-18-37-41-44-48-52-56-60-64-70(75)69(68-74)73-71(76)65-61-57-53-49-45-42-38-35-33-31-29-27-25-23-21-19-20-22-24-26-28-30-32-34-36-39-43-47-51-55-59-63-67-78-72(77)66-62-58-54-50-46-40-16-14-12-10-8-6-4-2/h8,10,14,16,22,24,60,64,69-70,74-75H,3-7,9,11-13,15,17-21,23,25-59,61-63,65-68H2,1-2H3,(H,73,76)/b10-8-,16-14-,24-22-,64-60+. The van der Waals surface area contributed by atoms with E-state index in [1.165, 1.54) is 295 Å². The van der Waals surface area contributed by atoms with E-state index in [4.69, 9.17) is 4.74 Å². The lowest BCUT2D eigenvalue weighted by Crippen LogP contribution is -2.45. The number of amides is 1. The van der Waals surface area contributed by atoms with Gasteiger partial charge in [0.2, 0.25) is 5.91 Å². The van der Waals surface area contributed by atoms with Crippen LogP contribution in [-0.4, -0.2) is 47.4 Å². The first-order chi connectivity index (χ1) is 38.5. The fourth-order valence-electron chi connectivity index (χ4n) is 10.7. The molecule has 3 N–H and O–H groups in total. The number of nitrogens with one attached hydrogen (secondary N) is 1. The van der Waals surface area contributed by atoms with Crippen LogP contribution in [0.1, 0.15) is 373 Å². The quantitative estimate of drug-likeness (QED) is 0.0320. The normalized spacial score (nSPS) is 12.8. The number of esters is 1. The molecule has 0 bridgehead atoms. The Balaban J connectivity index is 3.38. The molecule has 0 aliphatic heterocycles. The maximum absolute atomic E-state index is 12.5. The monoisotopic (exact) mass is 1090 g/mol. The van der Waals surface area contributed by atoms with Gasteiger partial charge in [0.25, 0.3) is 0 Å². The van der Waals surface area contributed by atoms with Crippen LogP contribution in [0.2, 0.25) is 0 Å². The summed E-state index contributed by atoms with van der Waals surface area (Å²) in [5, 5.41) is 23.2. The van der Waals surface area contributed by atoms with E-state index in [1.54, 1.807) is 6.08 Å². The summed E-state index contributed by atoms with van der Waals surface area (Å²) in [6, 6.07) is -0.626. The van der Waals surface area contributed by atoms with Crippen LogP contribution >= 0.6 is 0 Å². The van der Waals surface area contributed by atoms with Gasteiger partial charge in [0.05, 0.1) is 25.4 Å². The second-order valence-corrected chi connectivity index (χ2v) is 23.9. The number of aliphatic hydroxyl groups excluding tert-OH is 2. The molecule has 6 nitrogen and oxygen atoms in total. The van der Waals surface area contributed by atoms with E-state index in [0.717, 1.165) is 51.4 Å². The van der Waals surface area contributed by atoms with Crippen LogP contribution in [0.15, 0.2) is 48.6 Å². The molecule has 78 heavy (non-hydrogen) atoms. The molecule has 0 aromatic carbocycles. The van der Waals surface area contributed by atoms with E-state index < -0.39 is 12.1 Å². The second-order valence-electron chi connectivity index (χ2n) is 23.9. The zero-order chi connectivity index (χ0) is 56.4. The molecule has 0 heterocycles. The molecule has 2 atom stereocenters. The summed E-state index contributed by atoms with van der Waals surface area (Å²) in [4.78, 5) is 24.5. The minimum atomic E-state index is -0.843. The summed E-state index contributed by atoms with van der Waals surface area (Å²) in [7, 11) is 0. The van der Waals surface area contributed by atoms with Gasteiger partial charge in [-0.3, -0.25) is 9.59 Å². The number of aliphatic hydroxyl groups is 2. The van der Waals surface area contributed by atoms with Gasteiger partial charge in [-0.05, 0) is 83.5 Å². The Kier molecular flexibility index (Phi) is 65.4. The summed E-state index contributed by atoms with van der Waals surface area (Å²) in [5.41, 5.74) is 0. The minimum Gasteiger partial charge on any atom is -0.466 e. The Hall–Kier alpha value is -2.18. The largest absolute Gasteiger partial charge is 0.466 e. The van der Waals surface area contributed by atoms with Gasteiger partial charge in [-0.2, -0.15) is 0 Å². The third kappa shape index (κ3) is 63.0. The summed E-state index contributed by atoms with van der Waals surface area (Å²) in [6.07, 6.45) is 87.6. The molecule has 1 amide bonds. The molecule has 0 fully saturated rings. The van der Waals surface area contributed by atoms with Crippen molar-refractivity contribution in [1.82, 2.24) is 5.32 Å². The lowest BCUT2D eigenvalue weighted by molar-refractivity contribution is -0.143. The fraction of sp³-hybridized carbons (Fsp3) is 0.861. The van der Waals surface area contributed by atoms with Crippen molar-refractivity contribution in [3.8, 4) is 0 Å². The van der Waals surface area contributed by atoms with Crippen molar-refractivity contribution in [2.45, 2.75) is 386 Å². The van der Waals surface area contributed by atoms with Gasteiger partial charge in [0, 0.05) is 12.8 Å². The van der Waals surface area contributed by atoms with Crippen molar-refractivity contribution in [2.24, 2.45) is 0 Å². The smallest absolute Gasteiger partial charge is 0.305 e. The Morgan fingerprint density at radius 3 is 1.04 bits per heavy atom. The average molecular weight is 1090 g/mol. The molecule has 6 heteroatoms. The van der Waals surface area contributed by atoms with Crippen molar-refractivity contribution in [3.63, 3.8) is 0 Å². The van der Waals surface area contributed by atoms with Gasteiger partial charge in [-0.25, -0.2) is 0 Å². The molecule has 0 saturated heterocycles. The molecule has 0 aromatic rings. The van der Waals surface area contributed by atoms with E-state index in [-0.39, 0.29) is 18.5 Å². The number of hydrogen-bond acceptors (Lipinski definition) is 5. The van der Waals surface area contributed by atoms with E-state index in [1.807, 2.05) is 6.08 Å². The first-order valence-corrected chi connectivity index (χ1v) is 34.9. The number of carbonyl (C=O) groups excluding carboxylic acids is 2. The average Bonchev–Trinajstić information content (AvgIpc) is 3.44. The predicted octanol–water partition coefficient (Wildman–Crippen LogP) is 22.5. The molecular weight excluding hydrogens is 959 g/mol. The highest BCUT2D eigenvalue weighted by Gasteiger charge is 2.18. The summed E-state index contributed by atoms with van der Waals surface area (Å²) >= 11 is 0. The number of rotatable bonds is 65. The maximum atomic E-state index is 12.5. The topological polar surface area (TPSA) is 95.9 Å². The van der Waals surface area contributed by atoms with Crippen molar-refractivity contribution >= 4 is 11.9 Å². The molecule has 0 spiro atoms. The lowest BCUT2D eigenvalue weighted by atomic mass is 10.0. The summed E-state index contributed by atoms with van der Waals surface area (Å²) < 4.78 is 5.47. The van der Waals surface area contributed by atoms with Gasteiger partial charge >= 0.3 is 5.97 Å². The zero-order valence-corrected chi connectivity index (χ0v) is 52.4. The lowest BCUT2D eigenvalue weighted by Gasteiger charge is -2.20. The Bertz CT molecular complexity index is 1310. The minimum absolute atomic E-state index is 0.00246. The van der Waals surface area contributed by atoms with Crippen LogP contribution in [0, 0.1) is 0 Å². The van der Waals surface area contributed by atoms with Gasteiger partial charge < -0.3 is 20.3 Å². The van der Waals surface area contributed by atoms with Crippen LogP contribution in [0.4, 0.5) is 0 Å². The number of carbonyl (C=O) groups is 2. The highest BCUT2D eigenvalue weighted by molar-refractivity contribution is 5.76. The van der Waals surface area contributed by atoms with Gasteiger partial charge in [-0.15, -0.1) is 0 Å². The van der Waals surface area contributed by atoms with E-state index in [9.17, 15) is 19.8 Å². The molecule has 0 radical (unpaired) electrons. The summed E-state index contributed by atoms with van der Waals surface area (Å²) in [6.45, 7) is 4.86. The molecular formula is C72H135NO5. The van der Waals surface area contributed by atoms with Crippen LogP contribution in [0.3, 0.4) is 0 Å². The van der Waals surface area contributed by atoms with Crippen molar-refractivity contribution in [2.75, 3.05) is 13.2 Å². The van der Waals surface area contributed by atoms with Gasteiger partial charge in [0.15, 0.2) is 0 Å². The first-order valence-electron chi connectivity index (χ1n) is 34.9. The Labute approximate surface area is 486 Å². The number of ether oxygens (including phenoxy) is 1. The van der Waals surface area contributed by atoms with Crippen molar-refractivity contribution in [3.05, 3.63) is 48.6 Å². The Morgan fingerprint density at radius 1 is 0.359 bits per heavy atom. The molecule has 0 rings (SSSR count). The molecule has 458 valence electrons. The molecule has 0 saturated carbocycles. The number of hydrogen-bond donors (Lipinski definition) is 3. The van der Waals surface area contributed by atoms with E-state index >= 15 is 0 Å². The van der Waals surface area contributed by atoms with Crippen LogP contribution in [0.25, 0.3) is 0 Å². The van der Waals surface area contributed by atoms with Crippen molar-refractivity contribution in [1.29, 1.82) is 0 Å². The summed E-state index contributed by atoms with van der Waals surface area (Å²) in [5.74, 6) is -0.0609. The second kappa shape index (κ2) is 67.3. The van der Waals surface area contributed by atoms with Gasteiger partial charge in [0.1, 0.15) is 0 Å². The molecule has 0 aliphatic carbocycles. The van der Waals surface area contributed by atoms with Gasteiger partial charge in [-0.1, -0.05) is 326 Å². The van der Waals surface area contributed by atoms with Crippen LogP contribution < -0.4 is 5.32 Å². The molecule has 2 unspecified atom stereocenters. The predicted molar refractivity (Wildman–Crippen MR) is 342 cm³/mol. The highest BCUT2D eigenvalue weighted by Crippen LogP contribution is 2.18. The molecule has 0 aliphatic rings. The zero-order valence-electron chi connectivity index (χ0n) is 52.4. The fourth-order valence-corrected chi connectivity index (χ4v) is 10.7. The third-order valence-electron chi connectivity index (χ3n) is 16.0. The Morgan fingerprint density at radius 2 is 0.667 bits per heavy atom. The first kappa shape index (κ1) is 75.8. The SMILES string of the molecule is CCC/C=C\C/C=C\CCCCCCCC(=O)OCCCCCCCCCCCCCC/C=C\CCCCCCCCCCCCCCCCCCC(=O)NC(CO)C(O)/C=C/CCCCCCCCCCCCCCCC. The highest BCUT2D eigenvalue weighted by atomic mass is 16.5. The molecule has 0 aromatic heterocycles. The van der Waals surface area contributed by atoms with Crippen molar-refractivity contribution < 1.29 is 24.5 Å². The number of allylic oxidation sites excluding steroid dienone is 7. The van der Waals surface area contributed by atoms with Crippen LogP contribution in [-0.2, 0) is 14.3 Å². The van der Waals surface area contributed by atoms with E-state index in [0.29, 0.717) is 19.4 Å². The third-order valence-corrected chi connectivity index (χ3v) is 16.0. The van der Waals surface area contributed by atoms with E-state index in [2.05, 4.69) is 55.6 Å². The van der Waals surface area contributed by atoms with Crippen LogP contribution in [0.5, 0.6) is 0 Å². The number of unbranched alkanes of at least 4 members (excludes halogenated alkanes) is 48. The maximum Gasteiger partial charge on any atom is 0.305 e.